The zero-order valence-corrected chi connectivity index (χ0v) is 15.5. The number of carbonyl (C=O) groups excluding carboxylic acids is 1. The maximum absolute atomic E-state index is 12.4. The van der Waals surface area contributed by atoms with Crippen molar-refractivity contribution in [3.63, 3.8) is 0 Å². The van der Waals surface area contributed by atoms with E-state index in [1.807, 2.05) is 30.3 Å². The van der Waals surface area contributed by atoms with Crippen molar-refractivity contribution < 1.29 is 14.3 Å². The fourth-order valence-corrected chi connectivity index (χ4v) is 3.18. The molecule has 0 bridgehead atoms. The first-order valence-corrected chi connectivity index (χ1v) is 8.94. The molecule has 0 saturated heterocycles. The standard InChI is InChI=1S/C20H18ClN3O3/c1-24(12-18-22-15-4-2-3-5-16(15)23-18)19(25)7-6-13-10-14(21)20-17(11-13)26-8-9-27-20/h2-7,10-11H,8-9,12H2,1H3,(H,22,23)/b7-6+. The molecule has 0 aliphatic carbocycles. The second kappa shape index (κ2) is 7.32. The van der Waals surface area contributed by atoms with Crippen LogP contribution >= 0.6 is 11.6 Å². The average Bonchev–Trinajstić information content (AvgIpc) is 3.08. The Kier molecular flexibility index (Phi) is 4.73. The number of H-pyrrole nitrogens is 1. The number of halogens is 1. The van der Waals surface area contributed by atoms with Crippen molar-refractivity contribution in [2.45, 2.75) is 6.54 Å². The van der Waals surface area contributed by atoms with Crippen LogP contribution in [-0.2, 0) is 11.3 Å². The Morgan fingerprint density at radius 1 is 1.30 bits per heavy atom. The van der Waals surface area contributed by atoms with E-state index in [0.29, 0.717) is 36.3 Å². The average molecular weight is 384 g/mol. The summed E-state index contributed by atoms with van der Waals surface area (Å²) in [5.41, 5.74) is 2.61. The van der Waals surface area contributed by atoms with Crippen LogP contribution in [0.25, 0.3) is 17.1 Å². The molecule has 1 aromatic heterocycles. The van der Waals surface area contributed by atoms with Gasteiger partial charge in [0.15, 0.2) is 11.5 Å². The molecular formula is C20H18ClN3O3. The predicted octanol–water partition coefficient (Wildman–Crippen LogP) is 3.66. The lowest BCUT2D eigenvalue weighted by molar-refractivity contribution is -0.125. The number of amides is 1. The Bertz CT molecular complexity index is 995. The second-order valence-corrected chi connectivity index (χ2v) is 6.66. The van der Waals surface area contributed by atoms with Gasteiger partial charge in [-0.05, 0) is 35.9 Å². The fraction of sp³-hybridized carbons (Fsp3) is 0.200. The third kappa shape index (κ3) is 3.75. The quantitative estimate of drug-likeness (QED) is 0.698. The lowest BCUT2D eigenvalue weighted by Gasteiger charge is -2.19. The van der Waals surface area contributed by atoms with Crippen molar-refractivity contribution in [2.75, 3.05) is 20.3 Å². The van der Waals surface area contributed by atoms with E-state index in [1.165, 1.54) is 6.08 Å². The fourth-order valence-electron chi connectivity index (χ4n) is 2.90. The number of likely N-dealkylation sites (N-methyl/N-ethyl adjacent to an activating group) is 1. The SMILES string of the molecule is CN(Cc1nc2ccccc2[nH]1)C(=O)/C=C/c1cc(Cl)c2c(c1)OCCO2. The summed E-state index contributed by atoms with van der Waals surface area (Å²) in [5.74, 6) is 1.74. The van der Waals surface area contributed by atoms with Crippen LogP contribution in [0.5, 0.6) is 11.5 Å². The summed E-state index contributed by atoms with van der Waals surface area (Å²) in [6.07, 6.45) is 3.21. The van der Waals surface area contributed by atoms with Gasteiger partial charge in [0.1, 0.15) is 19.0 Å². The normalized spacial score (nSPS) is 13.3. The molecule has 1 amide bonds. The number of ether oxygens (including phenoxy) is 2. The molecule has 4 rings (SSSR count). The Morgan fingerprint density at radius 2 is 2.11 bits per heavy atom. The highest BCUT2D eigenvalue weighted by atomic mass is 35.5. The molecule has 0 spiro atoms. The molecule has 7 heteroatoms. The second-order valence-electron chi connectivity index (χ2n) is 6.26. The molecule has 138 valence electrons. The molecule has 0 radical (unpaired) electrons. The number of imidazole rings is 1. The van der Waals surface area contributed by atoms with Gasteiger partial charge in [0.05, 0.1) is 22.6 Å². The van der Waals surface area contributed by atoms with E-state index in [4.69, 9.17) is 21.1 Å². The van der Waals surface area contributed by atoms with E-state index in [2.05, 4.69) is 9.97 Å². The molecule has 1 N–H and O–H groups in total. The minimum absolute atomic E-state index is 0.138. The van der Waals surface area contributed by atoms with Crippen LogP contribution < -0.4 is 9.47 Å². The van der Waals surface area contributed by atoms with Crippen LogP contribution in [-0.4, -0.2) is 41.0 Å². The Balaban J connectivity index is 1.45. The number of para-hydroxylation sites is 2. The number of aromatic amines is 1. The summed E-state index contributed by atoms with van der Waals surface area (Å²) in [5, 5.41) is 0.468. The van der Waals surface area contributed by atoms with Crippen LogP contribution in [0, 0.1) is 0 Å². The van der Waals surface area contributed by atoms with Gasteiger partial charge in [-0.3, -0.25) is 4.79 Å². The summed E-state index contributed by atoms with van der Waals surface area (Å²) >= 11 is 6.22. The summed E-state index contributed by atoms with van der Waals surface area (Å²) in [4.78, 5) is 21.7. The van der Waals surface area contributed by atoms with Crippen LogP contribution in [0.1, 0.15) is 11.4 Å². The van der Waals surface area contributed by atoms with Crippen LogP contribution in [0.3, 0.4) is 0 Å². The molecule has 6 nitrogen and oxygen atoms in total. The summed E-state index contributed by atoms with van der Waals surface area (Å²) in [6.45, 7) is 1.35. The number of nitrogens with zero attached hydrogens (tertiary/aromatic N) is 2. The zero-order valence-electron chi connectivity index (χ0n) is 14.7. The van der Waals surface area contributed by atoms with E-state index >= 15 is 0 Å². The number of rotatable bonds is 4. The first-order valence-electron chi connectivity index (χ1n) is 8.56. The minimum atomic E-state index is -0.138. The van der Waals surface area contributed by atoms with Crippen molar-refractivity contribution >= 4 is 34.6 Å². The number of aromatic nitrogens is 2. The van der Waals surface area contributed by atoms with Gasteiger partial charge in [0.2, 0.25) is 5.91 Å². The van der Waals surface area contributed by atoms with Crippen molar-refractivity contribution in [3.8, 4) is 11.5 Å². The van der Waals surface area contributed by atoms with Gasteiger partial charge in [0, 0.05) is 13.1 Å². The van der Waals surface area contributed by atoms with Crippen LogP contribution in [0.2, 0.25) is 5.02 Å². The van der Waals surface area contributed by atoms with Crippen LogP contribution in [0.4, 0.5) is 0 Å². The number of fused-ring (bicyclic) bond motifs is 2. The topological polar surface area (TPSA) is 67.5 Å². The maximum atomic E-state index is 12.4. The molecule has 1 aliphatic heterocycles. The molecule has 2 aromatic carbocycles. The molecule has 0 saturated carbocycles. The lowest BCUT2D eigenvalue weighted by Crippen LogP contribution is -2.24. The van der Waals surface area contributed by atoms with Crippen molar-refractivity contribution in [3.05, 3.63) is 58.9 Å². The Morgan fingerprint density at radius 3 is 2.96 bits per heavy atom. The lowest BCUT2D eigenvalue weighted by atomic mass is 10.1. The summed E-state index contributed by atoms with van der Waals surface area (Å²) in [6, 6.07) is 11.3. The van der Waals surface area contributed by atoms with E-state index in [1.54, 1.807) is 24.1 Å². The molecular weight excluding hydrogens is 366 g/mol. The van der Waals surface area contributed by atoms with Gasteiger partial charge in [-0.15, -0.1) is 0 Å². The van der Waals surface area contributed by atoms with Gasteiger partial charge >= 0.3 is 0 Å². The van der Waals surface area contributed by atoms with E-state index < -0.39 is 0 Å². The smallest absolute Gasteiger partial charge is 0.246 e. The van der Waals surface area contributed by atoms with Gasteiger partial charge in [-0.25, -0.2) is 4.98 Å². The Labute approximate surface area is 161 Å². The first-order chi connectivity index (χ1) is 13.1. The van der Waals surface area contributed by atoms with Gasteiger partial charge in [0.25, 0.3) is 0 Å². The molecule has 0 fully saturated rings. The van der Waals surface area contributed by atoms with Gasteiger partial charge in [-0.2, -0.15) is 0 Å². The highest BCUT2D eigenvalue weighted by Crippen LogP contribution is 2.38. The van der Waals surface area contributed by atoms with Crippen molar-refractivity contribution in [1.82, 2.24) is 14.9 Å². The number of hydrogen-bond acceptors (Lipinski definition) is 4. The third-order valence-electron chi connectivity index (χ3n) is 4.24. The first kappa shape index (κ1) is 17.4. The predicted molar refractivity (Wildman–Crippen MR) is 104 cm³/mol. The number of hydrogen-bond donors (Lipinski definition) is 1. The van der Waals surface area contributed by atoms with Crippen molar-refractivity contribution in [2.24, 2.45) is 0 Å². The highest BCUT2D eigenvalue weighted by molar-refractivity contribution is 6.32. The van der Waals surface area contributed by atoms with Crippen molar-refractivity contribution in [1.29, 1.82) is 0 Å². The highest BCUT2D eigenvalue weighted by Gasteiger charge is 2.16. The molecule has 0 atom stereocenters. The van der Waals surface area contributed by atoms with E-state index in [9.17, 15) is 4.79 Å². The van der Waals surface area contributed by atoms with Crippen LogP contribution in [0.15, 0.2) is 42.5 Å². The summed E-state index contributed by atoms with van der Waals surface area (Å²) < 4.78 is 11.1. The maximum Gasteiger partial charge on any atom is 0.246 e. The Hall–Kier alpha value is -2.99. The van der Waals surface area contributed by atoms with E-state index in [0.717, 1.165) is 22.4 Å². The zero-order chi connectivity index (χ0) is 18.8. The minimum Gasteiger partial charge on any atom is -0.486 e. The van der Waals surface area contributed by atoms with E-state index in [-0.39, 0.29) is 5.91 Å². The molecule has 1 aliphatic rings. The number of carbonyl (C=O) groups is 1. The summed E-state index contributed by atoms with van der Waals surface area (Å²) in [7, 11) is 1.73. The monoisotopic (exact) mass is 383 g/mol. The third-order valence-corrected chi connectivity index (χ3v) is 4.52. The molecule has 3 aromatic rings. The van der Waals surface area contributed by atoms with Gasteiger partial charge in [-0.1, -0.05) is 23.7 Å². The number of benzene rings is 2. The molecule has 0 unspecified atom stereocenters. The van der Waals surface area contributed by atoms with Gasteiger partial charge < -0.3 is 19.4 Å². The largest absolute Gasteiger partial charge is 0.486 e. The molecule has 27 heavy (non-hydrogen) atoms. The molecule has 2 heterocycles. The number of nitrogens with one attached hydrogen (secondary N) is 1.